The van der Waals surface area contributed by atoms with Crippen LogP contribution in [0.25, 0.3) is 11.3 Å². The van der Waals surface area contributed by atoms with Crippen molar-refractivity contribution in [2.45, 2.75) is 19.8 Å². The van der Waals surface area contributed by atoms with Gasteiger partial charge in [0.05, 0.1) is 16.5 Å². The Morgan fingerprint density at radius 2 is 2.10 bits per heavy atom. The number of benzene rings is 1. The number of hydrogen-bond acceptors (Lipinski definition) is 7. The summed E-state index contributed by atoms with van der Waals surface area (Å²) in [6.45, 7) is 3.09. The third kappa shape index (κ3) is 4.66. The first-order valence-electron chi connectivity index (χ1n) is 10.1. The number of amides is 1. The number of nitrogens with one attached hydrogen (secondary N) is 1. The highest BCUT2D eigenvalue weighted by Crippen LogP contribution is 2.26. The van der Waals surface area contributed by atoms with Crippen molar-refractivity contribution in [3.8, 4) is 11.3 Å². The normalized spacial score (nSPS) is 16.0. The lowest BCUT2D eigenvalue weighted by Gasteiger charge is -2.32. The van der Waals surface area contributed by atoms with Gasteiger partial charge in [-0.15, -0.1) is 10.2 Å². The Morgan fingerprint density at radius 3 is 2.77 bits per heavy atom. The Hall–Kier alpha value is -3.88. The minimum Gasteiger partial charge on any atom is -0.354 e. The van der Waals surface area contributed by atoms with Crippen LogP contribution in [0.1, 0.15) is 18.4 Å². The maximum absolute atomic E-state index is 12.8. The molecule has 3 aromatic rings. The van der Waals surface area contributed by atoms with E-state index in [4.69, 9.17) is 0 Å². The van der Waals surface area contributed by atoms with E-state index in [1.807, 2.05) is 24.3 Å². The number of piperidine rings is 1. The molecule has 9 nitrogen and oxygen atoms in total. The van der Waals surface area contributed by atoms with E-state index in [0.717, 1.165) is 36.5 Å². The Labute approximate surface area is 179 Å². The summed E-state index contributed by atoms with van der Waals surface area (Å²) in [5.74, 6) is 0.432. The van der Waals surface area contributed by atoms with Gasteiger partial charge in [0.15, 0.2) is 5.82 Å². The number of pyridine rings is 1. The first-order chi connectivity index (χ1) is 15.0. The zero-order valence-corrected chi connectivity index (χ0v) is 17.1. The van der Waals surface area contributed by atoms with Gasteiger partial charge in [0.1, 0.15) is 0 Å². The molecule has 0 bridgehead atoms. The lowest BCUT2D eigenvalue weighted by molar-refractivity contribution is -0.384. The van der Waals surface area contributed by atoms with Gasteiger partial charge in [-0.3, -0.25) is 19.9 Å². The molecule has 1 amide bonds. The van der Waals surface area contributed by atoms with Gasteiger partial charge in [0, 0.05) is 48.9 Å². The molecule has 1 N–H and O–H groups in total. The molecule has 0 saturated carbocycles. The zero-order valence-electron chi connectivity index (χ0n) is 17.1. The van der Waals surface area contributed by atoms with Crippen molar-refractivity contribution >= 4 is 23.1 Å². The van der Waals surface area contributed by atoms with Crippen LogP contribution in [0.5, 0.6) is 0 Å². The summed E-state index contributed by atoms with van der Waals surface area (Å²) < 4.78 is 0. The number of aromatic nitrogens is 3. The minimum absolute atomic E-state index is 0.00708. The van der Waals surface area contributed by atoms with Crippen LogP contribution in [0.4, 0.5) is 17.2 Å². The van der Waals surface area contributed by atoms with Crippen molar-refractivity contribution in [3.63, 3.8) is 0 Å². The fraction of sp³-hybridized carbons (Fsp3) is 0.273. The number of non-ortho nitro benzene ring substituents is 1. The van der Waals surface area contributed by atoms with Crippen molar-refractivity contribution in [1.29, 1.82) is 0 Å². The van der Waals surface area contributed by atoms with Gasteiger partial charge in [-0.25, -0.2) is 0 Å². The largest absolute Gasteiger partial charge is 0.354 e. The summed E-state index contributed by atoms with van der Waals surface area (Å²) in [5.41, 5.74) is 2.90. The molecular formula is C22H22N6O3. The number of nitrogens with zero attached hydrogens (tertiary/aromatic N) is 5. The number of nitro benzene ring substituents is 1. The number of carbonyl (C=O) groups is 1. The summed E-state index contributed by atoms with van der Waals surface area (Å²) in [6, 6.07) is 12.0. The molecule has 3 heterocycles. The standard InChI is InChI=1S/C22H22N6O3/c1-15-12-18(28(30)31)6-7-19(15)24-22(29)17-5-3-11-27(14-17)21-9-8-20(25-26-21)16-4-2-10-23-13-16/h2,4,6-10,12-13,17H,3,5,11,14H2,1H3,(H,24,29). The van der Waals surface area contributed by atoms with Gasteiger partial charge in [0.25, 0.3) is 5.69 Å². The molecule has 9 heteroatoms. The third-order valence-corrected chi connectivity index (χ3v) is 5.40. The smallest absolute Gasteiger partial charge is 0.269 e. The van der Waals surface area contributed by atoms with Crippen LogP contribution in [-0.2, 0) is 4.79 Å². The quantitative estimate of drug-likeness (QED) is 0.497. The van der Waals surface area contributed by atoms with Gasteiger partial charge in [0.2, 0.25) is 5.91 Å². The first kappa shape index (κ1) is 20.4. The Kier molecular flexibility index (Phi) is 5.83. The van der Waals surface area contributed by atoms with Crippen molar-refractivity contribution < 1.29 is 9.72 Å². The van der Waals surface area contributed by atoms with Crippen LogP contribution < -0.4 is 10.2 Å². The number of carbonyl (C=O) groups excluding carboxylic acids is 1. The monoisotopic (exact) mass is 418 g/mol. The van der Waals surface area contributed by atoms with Crippen LogP contribution in [-0.4, -0.2) is 39.1 Å². The van der Waals surface area contributed by atoms with E-state index in [-0.39, 0.29) is 17.5 Å². The molecule has 1 aromatic carbocycles. The molecule has 0 aliphatic carbocycles. The maximum atomic E-state index is 12.8. The van der Waals surface area contributed by atoms with E-state index >= 15 is 0 Å². The molecule has 1 fully saturated rings. The molecule has 1 aliphatic heterocycles. The Balaban J connectivity index is 1.42. The molecule has 0 radical (unpaired) electrons. The van der Waals surface area contributed by atoms with E-state index in [2.05, 4.69) is 25.4 Å². The number of anilines is 2. The Bertz CT molecular complexity index is 1090. The SMILES string of the molecule is Cc1cc([N+](=O)[O-])ccc1NC(=O)C1CCCN(c2ccc(-c3cccnc3)nn2)C1. The summed E-state index contributed by atoms with van der Waals surface area (Å²) in [4.78, 5) is 29.5. The van der Waals surface area contributed by atoms with Crippen LogP contribution >= 0.6 is 0 Å². The van der Waals surface area contributed by atoms with Crippen LogP contribution in [0, 0.1) is 23.0 Å². The number of aryl methyl sites for hydroxylation is 1. The van der Waals surface area contributed by atoms with E-state index in [0.29, 0.717) is 17.8 Å². The second-order valence-corrected chi connectivity index (χ2v) is 7.55. The number of hydrogen-bond donors (Lipinski definition) is 1. The zero-order chi connectivity index (χ0) is 21.8. The second kappa shape index (κ2) is 8.86. The van der Waals surface area contributed by atoms with Gasteiger partial charge < -0.3 is 10.2 Å². The fourth-order valence-electron chi connectivity index (χ4n) is 3.70. The van der Waals surface area contributed by atoms with Gasteiger partial charge in [-0.05, 0) is 55.7 Å². The summed E-state index contributed by atoms with van der Waals surface area (Å²) in [6.07, 6.45) is 5.09. The average Bonchev–Trinajstić information content (AvgIpc) is 2.81. The predicted molar refractivity (Wildman–Crippen MR) is 117 cm³/mol. The molecule has 0 spiro atoms. The van der Waals surface area contributed by atoms with Crippen LogP contribution in [0.2, 0.25) is 0 Å². The second-order valence-electron chi connectivity index (χ2n) is 7.55. The van der Waals surface area contributed by atoms with Crippen molar-refractivity contribution in [1.82, 2.24) is 15.2 Å². The van der Waals surface area contributed by atoms with Crippen LogP contribution in [0.3, 0.4) is 0 Å². The predicted octanol–water partition coefficient (Wildman–Crippen LogP) is 3.61. The minimum atomic E-state index is -0.446. The van der Waals surface area contributed by atoms with Crippen molar-refractivity contribution in [2.24, 2.45) is 5.92 Å². The summed E-state index contributed by atoms with van der Waals surface area (Å²) in [5, 5.41) is 22.5. The van der Waals surface area contributed by atoms with Gasteiger partial charge in [-0.2, -0.15) is 0 Å². The molecule has 31 heavy (non-hydrogen) atoms. The molecule has 1 atom stereocenters. The topological polar surface area (TPSA) is 114 Å². The van der Waals surface area contributed by atoms with Crippen molar-refractivity contribution in [3.05, 3.63) is 70.5 Å². The van der Waals surface area contributed by atoms with E-state index < -0.39 is 4.92 Å². The van der Waals surface area contributed by atoms with Gasteiger partial charge in [-0.1, -0.05) is 0 Å². The number of rotatable bonds is 5. The van der Waals surface area contributed by atoms with E-state index in [9.17, 15) is 14.9 Å². The molecule has 158 valence electrons. The van der Waals surface area contributed by atoms with Gasteiger partial charge >= 0.3 is 0 Å². The molecule has 4 rings (SSSR count). The molecule has 1 saturated heterocycles. The molecular weight excluding hydrogens is 396 g/mol. The molecule has 1 unspecified atom stereocenters. The average molecular weight is 418 g/mol. The highest BCUT2D eigenvalue weighted by Gasteiger charge is 2.27. The maximum Gasteiger partial charge on any atom is 0.269 e. The fourth-order valence-corrected chi connectivity index (χ4v) is 3.70. The van der Waals surface area contributed by atoms with Crippen LogP contribution in [0.15, 0.2) is 54.9 Å². The van der Waals surface area contributed by atoms with E-state index in [1.165, 1.54) is 12.1 Å². The van der Waals surface area contributed by atoms with E-state index in [1.54, 1.807) is 25.4 Å². The van der Waals surface area contributed by atoms with Crippen molar-refractivity contribution in [2.75, 3.05) is 23.3 Å². The number of nitro groups is 1. The first-order valence-corrected chi connectivity index (χ1v) is 10.1. The molecule has 1 aliphatic rings. The highest BCUT2D eigenvalue weighted by molar-refractivity contribution is 5.93. The lowest BCUT2D eigenvalue weighted by atomic mass is 9.96. The molecule has 2 aromatic heterocycles. The summed E-state index contributed by atoms with van der Waals surface area (Å²) >= 11 is 0. The third-order valence-electron chi connectivity index (χ3n) is 5.40. The Morgan fingerprint density at radius 1 is 1.23 bits per heavy atom. The highest BCUT2D eigenvalue weighted by atomic mass is 16.6. The lowest BCUT2D eigenvalue weighted by Crippen LogP contribution is -2.41. The summed E-state index contributed by atoms with van der Waals surface area (Å²) in [7, 11) is 0.